The molecule has 5 nitrogen and oxygen atoms in total. The highest BCUT2D eigenvalue weighted by Gasteiger charge is 2.24. The molecule has 1 saturated heterocycles. The smallest absolute Gasteiger partial charge is 0.191 e. The summed E-state index contributed by atoms with van der Waals surface area (Å²) in [5.41, 5.74) is 0.949. The van der Waals surface area contributed by atoms with Gasteiger partial charge in [0.1, 0.15) is 0 Å². The van der Waals surface area contributed by atoms with Gasteiger partial charge < -0.3 is 20.3 Å². The maximum absolute atomic E-state index is 6.08. The molecule has 0 aromatic heterocycles. The summed E-state index contributed by atoms with van der Waals surface area (Å²) in [6.07, 6.45) is 1.07. The highest BCUT2D eigenvalue weighted by atomic mass is 35.5. The molecule has 2 rings (SSSR count). The second-order valence-electron chi connectivity index (χ2n) is 6.45. The standard InChI is InChI=1S/C17H27ClN4O/c1-17(2,23-4)12-20-16(19-3)21-14-8-9-22(11-14)15-7-5-6-13(18)10-15/h5-7,10,14H,8-9,11-12H2,1-4H3,(H2,19,20,21). The van der Waals surface area contributed by atoms with Gasteiger partial charge in [0.05, 0.1) is 5.60 Å². The van der Waals surface area contributed by atoms with Crippen molar-refractivity contribution in [2.75, 3.05) is 38.7 Å². The zero-order valence-electron chi connectivity index (χ0n) is 14.4. The molecule has 1 aliphatic heterocycles. The Hall–Kier alpha value is -1.46. The van der Waals surface area contributed by atoms with Gasteiger partial charge in [-0.1, -0.05) is 17.7 Å². The summed E-state index contributed by atoms with van der Waals surface area (Å²) in [6.45, 7) is 6.74. The third-order valence-electron chi connectivity index (χ3n) is 4.16. The first kappa shape index (κ1) is 17.9. The van der Waals surface area contributed by atoms with Crippen molar-refractivity contribution in [1.82, 2.24) is 10.6 Å². The lowest BCUT2D eigenvalue weighted by atomic mass is 10.1. The van der Waals surface area contributed by atoms with Crippen molar-refractivity contribution < 1.29 is 4.74 Å². The Bertz CT molecular complexity index is 547. The van der Waals surface area contributed by atoms with Gasteiger partial charge in [0.15, 0.2) is 5.96 Å². The summed E-state index contributed by atoms with van der Waals surface area (Å²) in [6, 6.07) is 8.37. The lowest BCUT2D eigenvalue weighted by molar-refractivity contribution is 0.0268. The van der Waals surface area contributed by atoms with Crippen LogP contribution in [0.2, 0.25) is 5.02 Å². The van der Waals surface area contributed by atoms with Crippen LogP contribution in [0.4, 0.5) is 5.69 Å². The van der Waals surface area contributed by atoms with E-state index in [1.807, 2.05) is 32.0 Å². The van der Waals surface area contributed by atoms with Crippen LogP contribution in [0.1, 0.15) is 20.3 Å². The van der Waals surface area contributed by atoms with Crippen LogP contribution in [0.5, 0.6) is 0 Å². The van der Waals surface area contributed by atoms with Crippen LogP contribution in [0.15, 0.2) is 29.3 Å². The van der Waals surface area contributed by atoms with Gasteiger partial charge in [-0.3, -0.25) is 4.99 Å². The molecule has 6 heteroatoms. The minimum absolute atomic E-state index is 0.222. The SMILES string of the molecule is CN=C(NCC(C)(C)OC)NC1CCN(c2cccc(Cl)c2)C1. The van der Waals surface area contributed by atoms with Gasteiger partial charge in [-0.05, 0) is 38.5 Å². The molecule has 1 aliphatic rings. The third-order valence-corrected chi connectivity index (χ3v) is 4.40. The summed E-state index contributed by atoms with van der Waals surface area (Å²) in [5, 5.41) is 7.59. The highest BCUT2D eigenvalue weighted by molar-refractivity contribution is 6.30. The minimum Gasteiger partial charge on any atom is -0.377 e. The molecule has 0 spiro atoms. The van der Waals surface area contributed by atoms with Crippen LogP contribution in [0.3, 0.4) is 0 Å². The van der Waals surface area contributed by atoms with Crippen molar-refractivity contribution >= 4 is 23.2 Å². The topological polar surface area (TPSA) is 48.9 Å². The van der Waals surface area contributed by atoms with Crippen molar-refractivity contribution in [1.29, 1.82) is 0 Å². The van der Waals surface area contributed by atoms with E-state index in [1.165, 1.54) is 5.69 Å². The number of nitrogens with one attached hydrogen (secondary N) is 2. The maximum Gasteiger partial charge on any atom is 0.191 e. The molecular formula is C17H27ClN4O. The van der Waals surface area contributed by atoms with Crippen molar-refractivity contribution in [3.63, 3.8) is 0 Å². The first-order valence-electron chi connectivity index (χ1n) is 7.96. The van der Waals surface area contributed by atoms with E-state index in [4.69, 9.17) is 16.3 Å². The van der Waals surface area contributed by atoms with Gasteiger partial charge in [0, 0.05) is 50.5 Å². The van der Waals surface area contributed by atoms with Gasteiger partial charge >= 0.3 is 0 Å². The average Bonchev–Trinajstić information content (AvgIpc) is 3.00. The normalized spacial score (nSPS) is 19.1. The van der Waals surface area contributed by atoms with Crippen LogP contribution in [0.25, 0.3) is 0 Å². The molecule has 1 atom stereocenters. The number of ether oxygens (including phenoxy) is 1. The molecule has 2 N–H and O–H groups in total. The fraction of sp³-hybridized carbons (Fsp3) is 0.588. The van der Waals surface area contributed by atoms with Crippen LogP contribution < -0.4 is 15.5 Å². The fourth-order valence-corrected chi connectivity index (χ4v) is 2.73. The van der Waals surface area contributed by atoms with E-state index in [1.54, 1.807) is 14.2 Å². The third kappa shape index (κ3) is 5.29. The molecule has 1 aromatic carbocycles. The summed E-state index contributed by atoms with van der Waals surface area (Å²) < 4.78 is 5.42. The van der Waals surface area contributed by atoms with Gasteiger partial charge in [0.2, 0.25) is 0 Å². The largest absolute Gasteiger partial charge is 0.377 e. The summed E-state index contributed by atoms with van der Waals surface area (Å²) in [4.78, 5) is 6.64. The summed E-state index contributed by atoms with van der Waals surface area (Å²) in [5.74, 6) is 0.813. The number of aliphatic imine (C=N–C) groups is 1. The second-order valence-corrected chi connectivity index (χ2v) is 6.88. The van der Waals surface area contributed by atoms with E-state index >= 15 is 0 Å². The lowest BCUT2D eigenvalue weighted by Gasteiger charge is -2.25. The van der Waals surface area contributed by atoms with Crippen LogP contribution in [0, 0.1) is 0 Å². The summed E-state index contributed by atoms with van der Waals surface area (Å²) in [7, 11) is 3.51. The fourth-order valence-electron chi connectivity index (χ4n) is 2.54. The quantitative estimate of drug-likeness (QED) is 0.640. The number of rotatable bonds is 5. The number of anilines is 1. The number of halogens is 1. The van der Waals surface area contributed by atoms with E-state index < -0.39 is 0 Å². The van der Waals surface area contributed by atoms with Crippen LogP contribution >= 0.6 is 11.6 Å². The molecule has 0 amide bonds. The number of hydrogen-bond acceptors (Lipinski definition) is 3. The zero-order valence-corrected chi connectivity index (χ0v) is 15.2. The number of nitrogens with zero attached hydrogens (tertiary/aromatic N) is 2. The first-order valence-corrected chi connectivity index (χ1v) is 8.34. The lowest BCUT2D eigenvalue weighted by Crippen LogP contribution is -2.49. The number of hydrogen-bond donors (Lipinski definition) is 2. The Kier molecular flexibility index (Phi) is 6.13. The van der Waals surface area contributed by atoms with E-state index in [0.717, 1.165) is 30.5 Å². The van der Waals surface area contributed by atoms with Crippen molar-refractivity contribution in [3.05, 3.63) is 29.3 Å². The Labute approximate surface area is 144 Å². The first-order chi connectivity index (χ1) is 10.9. The molecule has 128 valence electrons. The second kappa shape index (κ2) is 7.88. The van der Waals surface area contributed by atoms with Gasteiger partial charge in [0.25, 0.3) is 0 Å². The van der Waals surface area contributed by atoms with Crippen molar-refractivity contribution in [2.45, 2.75) is 31.9 Å². The number of guanidine groups is 1. The molecule has 0 aliphatic carbocycles. The molecule has 23 heavy (non-hydrogen) atoms. The predicted molar refractivity (Wildman–Crippen MR) is 97.7 cm³/mol. The molecule has 1 fully saturated rings. The monoisotopic (exact) mass is 338 g/mol. The predicted octanol–water partition coefficient (Wildman–Crippen LogP) is 2.51. The van der Waals surface area contributed by atoms with E-state index in [0.29, 0.717) is 12.6 Å². The molecule has 0 saturated carbocycles. The zero-order chi connectivity index (χ0) is 16.9. The van der Waals surface area contributed by atoms with Gasteiger partial charge in [-0.15, -0.1) is 0 Å². The maximum atomic E-state index is 6.08. The number of methoxy groups -OCH3 is 1. The highest BCUT2D eigenvalue weighted by Crippen LogP contribution is 2.23. The van der Waals surface area contributed by atoms with Gasteiger partial charge in [-0.25, -0.2) is 0 Å². The molecule has 1 unspecified atom stereocenters. The van der Waals surface area contributed by atoms with E-state index in [-0.39, 0.29) is 5.60 Å². The molecule has 0 radical (unpaired) electrons. The van der Waals surface area contributed by atoms with E-state index in [2.05, 4.69) is 26.6 Å². The summed E-state index contributed by atoms with van der Waals surface area (Å²) >= 11 is 6.08. The minimum atomic E-state index is -0.222. The van der Waals surface area contributed by atoms with Crippen LogP contribution in [-0.4, -0.2) is 51.4 Å². The average molecular weight is 339 g/mol. The number of benzene rings is 1. The molecule has 0 bridgehead atoms. The Morgan fingerprint density at radius 1 is 1.48 bits per heavy atom. The van der Waals surface area contributed by atoms with Gasteiger partial charge in [-0.2, -0.15) is 0 Å². The van der Waals surface area contributed by atoms with E-state index in [9.17, 15) is 0 Å². The van der Waals surface area contributed by atoms with Crippen molar-refractivity contribution in [2.24, 2.45) is 4.99 Å². The Balaban J connectivity index is 1.86. The van der Waals surface area contributed by atoms with Crippen LogP contribution in [-0.2, 0) is 4.74 Å². The molecular weight excluding hydrogens is 312 g/mol. The van der Waals surface area contributed by atoms with Crippen molar-refractivity contribution in [3.8, 4) is 0 Å². The Morgan fingerprint density at radius 2 is 2.26 bits per heavy atom. The molecule has 1 aromatic rings. The molecule has 1 heterocycles. The Morgan fingerprint density at radius 3 is 2.91 bits per heavy atom.